The fraction of sp³-hybridized carbons (Fsp3) is 0.600. The second kappa shape index (κ2) is 10.2. The fourth-order valence-electron chi connectivity index (χ4n) is 3.43. The molecule has 0 aliphatic carbocycles. The average Bonchev–Trinajstić information content (AvgIpc) is 3.15. The van der Waals surface area contributed by atoms with Gasteiger partial charge in [0.15, 0.2) is 0 Å². The molecule has 1 fully saturated rings. The van der Waals surface area contributed by atoms with Crippen molar-refractivity contribution in [2.75, 3.05) is 45.2 Å². The Bertz CT molecular complexity index is 580. The highest BCUT2D eigenvalue weighted by molar-refractivity contribution is 5.81. The number of quaternary nitrogens is 1. The van der Waals surface area contributed by atoms with Gasteiger partial charge in [-0.25, -0.2) is 0 Å². The predicted molar refractivity (Wildman–Crippen MR) is 102 cm³/mol. The van der Waals surface area contributed by atoms with Crippen LogP contribution in [0, 0.1) is 0 Å². The Balaban J connectivity index is 1.95. The molecule has 0 aromatic heterocycles. The smallest absolute Gasteiger partial charge is 0.306 e. The molecule has 6 nitrogen and oxygen atoms in total. The standard InChI is InChI=1S/C20H31N3O3/c1-4-26-20(25)12-11-19(24)21-15-18(23-13-5-6-14-23)16-7-9-17(10-8-16)22(2)3/h7-10,18H,4-6,11-15H2,1-3H3,(H,21,24)/p+1/t18-/m0/s1. The predicted octanol–water partition coefficient (Wildman–Crippen LogP) is 0.932. The number of anilines is 1. The molecular weight excluding hydrogens is 330 g/mol. The molecule has 6 heteroatoms. The van der Waals surface area contributed by atoms with Gasteiger partial charge < -0.3 is 19.9 Å². The normalized spacial score (nSPS) is 15.5. The van der Waals surface area contributed by atoms with Crippen LogP contribution in [-0.2, 0) is 14.3 Å². The molecule has 1 saturated heterocycles. The summed E-state index contributed by atoms with van der Waals surface area (Å²) in [7, 11) is 4.06. The Morgan fingerprint density at radius 2 is 1.81 bits per heavy atom. The number of nitrogens with zero attached hydrogens (tertiary/aromatic N) is 1. The van der Waals surface area contributed by atoms with Gasteiger partial charge in [0, 0.05) is 44.6 Å². The van der Waals surface area contributed by atoms with E-state index in [2.05, 4.69) is 34.5 Å². The molecule has 1 aliphatic heterocycles. The van der Waals surface area contributed by atoms with Gasteiger partial charge in [-0.1, -0.05) is 12.1 Å². The van der Waals surface area contributed by atoms with E-state index in [1.807, 2.05) is 14.1 Å². The summed E-state index contributed by atoms with van der Waals surface area (Å²) in [6.07, 6.45) is 2.79. The summed E-state index contributed by atoms with van der Waals surface area (Å²) in [4.78, 5) is 27.1. The molecule has 0 spiro atoms. The largest absolute Gasteiger partial charge is 0.466 e. The average molecular weight is 362 g/mol. The molecule has 1 aromatic rings. The zero-order valence-corrected chi connectivity index (χ0v) is 16.2. The van der Waals surface area contributed by atoms with E-state index in [-0.39, 0.29) is 30.8 Å². The van der Waals surface area contributed by atoms with E-state index in [0.717, 1.165) is 13.1 Å². The van der Waals surface area contributed by atoms with E-state index >= 15 is 0 Å². The van der Waals surface area contributed by atoms with Crippen LogP contribution in [0.4, 0.5) is 5.69 Å². The number of hydrogen-bond donors (Lipinski definition) is 2. The van der Waals surface area contributed by atoms with E-state index < -0.39 is 0 Å². The van der Waals surface area contributed by atoms with E-state index in [4.69, 9.17) is 4.74 Å². The van der Waals surface area contributed by atoms with Crippen LogP contribution in [0.3, 0.4) is 0 Å². The highest BCUT2D eigenvalue weighted by atomic mass is 16.5. The second-order valence-corrected chi connectivity index (χ2v) is 7.01. The molecule has 1 aromatic carbocycles. The summed E-state index contributed by atoms with van der Waals surface area (Å²) in [6, 6.07) is 8.83. The van der Waals surface area contributed by atoms with Crippen LogP contribution in [0.1, 0.15) is 44.2 Å². The maximum Gasteiger partial charge on any atom is 0.306 e. The van der Waals surface area contributed by atoms with Gasteiger partial charge in [0.2, 0.25) is 5.91 Å². The maximum absolute atomic E-state index is 12.1. The number of amides is 1. The lowest BCUT2D eigenvalue weighted by Crippen LogP contribution is -3.11. The fourth-order valence-corrected chi connectivity index (χ4v) is 3.43. The molecule has 0 bridgehead atoms. The first kappa shape index (κ1) is 20.2. The highest BCUT2D eigenvalue weighted by Crippen LogP contribution is 2.17. The van der Waals surface area contributed by atoms with Gasteiger partial charge in [-0.3, -0.25) is 9.59 Å². The van der Waals surface area contributed by atoms with Crippen molar-refractivity contribution in [2.45, 2.75) is 38.6 Å². The third kappa shape index (κ3) is 6.02. The number of esters is 1. The van der Waals surface area contributed by atoms with Crippen molar-refractivity contribution < 1.29 is 19.2 Å². The minimum Gasteiger partial charge on any atom is -0.466 e. The molecule has 2 rings (SSSR count). The van der Waals surface area contributed by atoms with Gasteiger partial charge in [-0.15, -0.1) is 0 Å². The van der Waals surface area contributed by atoms with Gasteiger partial charge in [0.05, 0.1) is 32.7 Å². The minimum absolute atomic E-state index is 0.0911. The van der Waals surface area contributed by atoms with Gasteiger partial charge in [-0.05, 0) is 19.1 Å². The van der Waals surface area contributed by atoms with Crippen LogP contribution in [0.25, 0.3) is 0 Å². The monoisotopic (exact) mass is 362 g/mol. The first-order valence-corrected chi connectivity index (χ1v) is 9.55. The van der Waals surface area contributed by atoms with Crippen molar-refractivity contribution in [1.82, 2.24) is 5.32 Å². The Kier molecular flexibility index (Phi) is 7.91. The van der Waals surface area contributed by atoms with Crippen LogP contribution in [0.5, 0.6) is 0 Å². The second-order valence-electron chi connectivity index (χ2n) is 7.01. The quantitative estimate of drug-likeness (QED) is 0.642. The molecule has 1 heterocycles. The van der Waals surface area contributed by atoms with Crippen LogP contribution >= 0.6 is 0 Å². The van der Waals surface area contributed by atoms with E-state index in [1.165, 1.54) is 29.0 Å². The van der Waals surface area contributed by atoms with Crippen LogP contribution in [0.2, 0.25) is 0 Å². The molecule has 1 amide bonds. The van der Waals surface area contributed by atoms with E-state index in [9.17, 15) is 9.59 Å². The zero-order valence-electron chi connectivity index (χ0n) is 16.2. The molecule has 0 unspecified atom stereocenters. The summed E-state index contributed by atoms with van der Waals surface area (Å²) >= 11 is 0. The molecule has 0 saturated carbocycles. The van der Waals surface area contributed by atoms with Gasteiger partial charge in [-0.2, -0.15) is 0 Å². The van der Waals surface area contributed by atoms with E-state index in [1.54, 1.807) is 6.92 Å². The number of hydrogen-bond acceptors (Lipinski definition) is 4. The summed E-state index contributed by atoms with van der Waals surface area (Å²) < 4.78 is 4.87. The van der Waals surface area contributed by atoms with Gasteiger partial charge >= 0.3 is 5.97 Å². The van der Waals surface area contributed by atoms with Crippen molar-refractivity contribution in [1.29, 1.82) is 0 Å². The highest BCUT2D eigenvalue weighted by Gasteiger charge is 2.27. The number of ether oxygens (including phenoxy) is 1. The summed E-state index contributed by atoms with van der Waals surface area (Å²) in [5, 5.41) is 3.02. The Morgan fingerprint density at radius 1 is 1.15 bits per heavy atom. The van der Waals surface area contributed by atoms with Crippen molar-refractivity contribution in [3.8, 4) is 0 Å². The van der Waals surface area contributed by atoms with Crippen LogP contribution < -0.4 is 15.1 Å². The number of rotatable bonds is 9. The first-order chi connectivity index (χ1) is 12.5. The van der Waals surface area contributed by atoms with Gasteiger partial charge in [0.25, 0.3) is 0 Å². The van der Waals surface area contributed by atoms with Gasteiger partial charge in [0.1, 0.15) is 6.04 Å². The lowest BCUT2D eigenvalue weighted by molar-refractivity contribution is -0.918. The Labute approximate surface area is 156 Å². The molecule has 1 atom stereocenters. The topological polar surface area (TPSA) is 63.1 Å². The van der Waals surface area contributed by atoms with Crippen molar-refractivity contribution >= 4 is 17.6 Å². The molecule has 144 valence electrons. The molecule has 1 aliphatic rings. The Morgan fingerprint density at radius 3 is 2.38 bits per heavy atom. The summed E-state index contributed by atoms with van der Waals surface area (Å²) in [6.45, 7) is 4.99. The first-order valence-electron chi connectivity index (χ1n) is 9.55. The summed E-state index contributed by atoms with van der Waals surface area (Å²) in [5.74, 6) is -0.407. The van der Waals surface area contributed by atoms with Crippen molar-refractivity contribution in [3.05, 3.63) is 29.8 Å². The van der Waals surface area contributed by atoms with Crippen LogP contribution in [-0.4, -0.2) is 52.2 Å². The SMILES string of the molecule is CCOC(=O)CCC(=O)NC[C@@H](c1ccc(N(C)C)cc1)[NH+]1CCCC1. The lowest BCUT2D eigenvalue weighted by Gasteiger charge is -2.26. The van der Waals surface area contributed by atoms with Crippen molar-refractivity contribution in [3.63, 3.8) is 0 Å². The third-order valence-electron chi connectivity index (χ3n) is 4.92. The molecule has 26 heavy (non-hydrogen) atoms. The minimum atomic E-state index is -0.316. The van der Waals surface area contributed by atoms with Crippen molar-refractivity contribution in [2.24, 2.45) is 0 Å². The maximum atomic E-state index is 12.1. The number of carbonyl (C=O) groups is 2. The lowest BCUT2D eigenvalue weighted by atomic mass is 10.0. The number of carbonyl (C=O) groups excluding carboxylic acids is 2. The molecule has 2 N–H and O–H groups in total. The van der Waals surface area contributed by atoms with Crippen LogP contribution in [0.15, 0.2) is 24.3 Å². The number of benzene rings is 1. The number of nitrogens with one attached hydrogen (secondary N) is 2. The zero-order chi connectivity index (χ0) is 18.9. The molecule has 0 radical (unpaired) electrons. The van der Waals surface area contributed by atoms with E-state index in [0.29, 0.717) is 13.2 Å². The molecular formula is C20H32N3O3+. The third-order valence-corrected chi connectivity index (χ3v) is 4.92. The Hall–Kier alpha value is -2.08. The number of likely N-dealkylation sites (tertiary alicyclic amines) is 1. The summed E-state index contributed by atoms with van der Waals surface area (Å²) in [5.41, 5.74) is 2.42.